The Morgan fingerprint density at radius 2 is 1.96 bits per heavy atom. The Bertz CT molecular complexity index is 847. The number of halogens is 2. The Kier molecular flexibility index (Phi) is 4.64. The molecule has 0 aliphatic heterocycles. The Morgan fingerprint density at radius 3 is 2.50 bits per heavy atom. The molecule has 1 amide bonds. The molecule has 2 heterocycles. The number of aromatic amines is 1. The number of carbonyl (C=O) groups is 1. The summed E-state index contributed by atoms with van der Waals surface area (Å²) in [5.74, 6) is 1.35. The summed E-state index contributed by atoms with van der Waals surface area (Å²) in [4.78, 5) is 19.1. The first-order valence-corrected chi connectivity index (χ1v) is 8.11. The molecule has 0 radical (unpaired) electrons. The predicted molar refractivity (Wildman–Crippen MR) is 94.8 cm³/mol. The Morgan fingerprint density at radius 1 is 1.25 bits per heavy atom. The van der Waals surface area contributed by atoms with E-state index in [1.807, 2.05) is 26.0 Å². The van der Waals surface area contributed by atoms with Crippen molar-refractivity contribution in [3.05, 3.63) is 58.2 Å². The number of benzene rings is 1. The van der Waals surface area contributed by atoms with E-state index in [1.54, 1.807) is 18.3 Å². The van der Waals surface area contributed by atoms with Crippen LogP contribution in [0.3, 0.4) is 0 Å². The van der Waals surface area contributed by atoms with Crippen LogP contribution >= 0.6 is 23.2 Å². The number of hydrogen-bond acceptors (Lipinski definition) is 3. The molecule has 0 saturated heterocycles. The van der Waals surface area contributed by atoms with Crippen LogP contribution in [0.4, 0.5) is 5.69 Å². The van der Waals surface area contributed by atoms with Crippen molar-refractivity contribution in [2.45, 2.75) is 19.8 Å². The number of anilines is 1. The largest absolute Gasteiger partial charge is 0.441 e. The van der Waals surface area contributed by atoms with Crippen LogP contribution in [0.2, 0.25) is 10.2 Å². The van der Waals surface area contributed by atoms with Gasteiger partial charge in [-0.15, -0.1) is 0 Å². The second kappa shape index (κ2) is 6.71. The molecule has 24 heavy (non-hydrogen) atoms. The monoisotopic (exact) mass is 363 g/mol. The highest BCUT2D eigenvalue weighted by atomic mass is 35.5. The lowest BCUT2D eigenvalue weighted by atomic mass is 10.2. The second-order valence-corrected chi connectivity index (χ2v) is 6.38. The van der Waals surface area contributed by atoms with Crippen LogP contribution in [-0.2, 0) is 0 Å². The Balaban J connectivity index is 1.73. The fourth-order valence-electron chi connectivity index (χ4n) is 2.11. The number of hydrogen-bond donors (Lipinski definition) is 2. The van der Waals surface area contributed by atoms with Gasteiger partial charge < -0.3 is 14.7 Å². The number of aromatic nitrogens is 2. The van der Waals surface area contributed by atoms with Crippen molar-refractivity contribution in [1.82, 2.24) is 9.97 Å². The standard InChI is InChI=1S/C17H15Cl2N3O2/c1-9(2)14-8-20-17(24-14)10-3-5-11(6-4-10)21-16(23)13-7-12(18)15(19)22-13/h3-9,22H,1-2H3,(H,21,23). The summed E-state index contributed by atoms with van der Waals surface area (Å²) in [5.41, 5.74) is 1.77. The second-order valence-electron chi connectivity index (χ2n) is 5.60. The lowest BCUT2D eigenvalue weighted by molar-refractivity contribution is 0.102. The number of carbonyl (C=O) groups excluding carboxylic acids is 1. The predicted octanol–water partition coefficient (Wildman–Crippen LogP) is 5.35. The molecule has 0 unspecified atom stereocenters. The molecule has 5 nitrogen and oxygen atoms in total. The van der Waals surface area contributed by atoms with Gasteiger partial charge in [0, 0.05) is 17.2 Å². The molecule has 0 saturated carbocycles. The summed E-state index contributed by atoms with van der Waals surface area (Å²) in [6.45, 7) is 4.09. The number of nitrogens with zero attached hydrogens (tertiary/aromatic N) is 1. The van der Waals surface area contributed by atoms with E-state index in [0.29, 0.717) is 22.3 Å². The normalized spacial score (nSPS) is 11.0. The number of amides is 1. The van der Waals surface area contributed by atoms with Crippen molar-refractivity contribution in [2.75, 3.05) is 5.32 Å². The molecule has 1 aromatic carbocycles. The summed E-state index contributed by atoms with van der Waals surface area (Å²) < 4.78 is 5.70. The number of nitrogens with one attached hydrogen (secondary N) is 2. The van der Waals surface area contributed by atoms with Crippen molar-refractivity contribution in [2.24, 2.45) is 0 Å². The van der Waals surface area contributed by atoms with Crippen LogP contribution in [0.1, 0.15) is 36.0 Å². The van der Waals surface area contributed by atoms with Gasteiger partial charge in [0.05, 0.1) is 11.2 Å². The van der Waals surface area contributed by atoms with E-state index >= 15 is 0 Å². The molecular weight excluding hydrogens is 349 g/mol. The average Bonchev–Trinajstić information content (AvgIpc) is 3.16. The maximum absolute atomic E-state index is 12.1. The third-order valence-corrected chi connectivity index (χ3v) is 4.15. The molecule has 0 spiro atoms. The summed E-state index contributed by atoms with van der Waals surface area (Å²) in [7, 11) is 0. The highest BCUT2D eigenvalue weighted by Gasteiger charge is 2.13. The fourth-order valence-corrected chi connectivity index (χ4v) is 2.42. The molecule has 0 aliphatic carbocycles. The van der Waals surface area contributed by atoms with E-state index in [4.69, 9.17) is 27.6 Å². The zero-order valence-corrected chi connectivity index (χ0v) is 14.6. The number of rotatable bonds is 4. The smallest absolute Gasteiger partial charge is 0.272 e. The minimum atomic E-state index is -0.324. The molecule has 0 aliphatic rings. The van der Waals surface area contributed by atoms with E-state index in [1.165, 1.54) is 6.07 Å². The van der Waals surface area contributed by atoms with Crippen molar-refractivity contribution in [3.63, 3.8) is 0 Å². The molecule has 7 heteroatoms. The molecule has 0 atom stereocenters. The lowest BCUT2D eigenvalue weighted by Crippen LogP contribution is -2.12. The molecule has 3 rings (SSSR count). The Labute approximate surface area is 149 Å². The first-order chi connectivity index (χ1) is 11.4. The van der Waals surface area contributed by atoms with Gasteiger partial charge in [-0.05, 0) is 30.3 Å². The van der Waals surface area contributed by atoms with Gasteiger partial charge in [-0.3, -0.25) is 4.79 Å². The average molecular weight is 364 g/mol. The third kappa shape index (κ3) is 3.47. The Hall–Kier alpha value is -2.24. The first kappa shape index (κ1) is 16.6. The SMILES string of the molecule is CC(C)c1cnc(-c2ccc(NC(=O)c3cc(Cl)c(Cl)[nH]3)cc2)o1. The minimum absolute atomic E-state index is 0.238. The van der Waals surface area contributed by atoms with E-state index in [2.05, 4.69) is 15.3 Å². The van der Waals surface area contributed by atoms with Crippen molar-refractivity contribution in [1.29, 1.82) is 0 Å². The molecule has 0 fully saturated rings. The molecule has 0 bridgehead atoms. The molecule has 2 N–H and O–H groups in total. The summed E-state index contributed by atoms with van der Waals surface area (Å²) >= 11 is 11.6. The van der Waals surface area contributed by atoms with Gasteiger partial charge in [0.1, 0.15) is 16.6 Å². The topological polar surface area (TPSA) is 70.9 Å². The maximum atomic E-state index is 12.1. The third-order valence-electron chi connectivity index (χ3n) is 3.45. The molecule has 2 aromatic heterocycles. The highest BCUT2D eigenvalue weighted by molar-refractivity contribution is 6.41. The van der Waals surface area contributed by atoms with Gasteiger partial charge in [0.15, 0.2) is 0 Å². The highest BCUT2D eigenvalue weighted by Crippen LogP contribution is 2.25. The van der Waals surface area contributed by atoms with Crippen LogP contribution in [-0.4, -0.2) is 15.9 Å². The van der Waals surface area contributed by atoms with Crippen LogP contribution in [0, 0.1) is 0 Å². The fraction of sp³-hybridized carbons (Fsp3) is 0.176. The van der Waals surface area contributed by atoms with Crippen molar-refractivity contribution >= 4 is 34.8 Å². The number of oxazole rings is 1. The molecular formula is C17H15Cl2N3O2. The van der Waals surface area contributed by atoms with Crippen LogP contribution in [0.15, 0.2) is 40.9 Å². The van der Waals surface area contributed by atoms with Gasteiger partial charge >= 0.3 is 0 Å². The summed E-state index contributed by atoms with van der Waals surface area (Å²) in [6.07, 6.45) is 1.73. The van der Waals surface area contributed by atoms with Gasteiger partial charge in [-0.1, -0.05) is 37.0 Å². The van der Waals surface area contributed by atoms with Crippen LogP contribution in [0.25, 0.3) is 11.5 Å². The van der Waals surface area contributed by atoms with E-state index in [9.17, 15) is 4.79 Å². The molecule has 124 valence electrons. The van der Waals surface area contributed by atoms with Crippen LogP contribution in [0.5, 0.6) is 0 Å². The minimum Gasteiger partial charge on any atom is -0.441 e. The van der Waals surface area contributed by atoms with Crippen LogP contribution < -0.4 is 5.32 Å². The number of H-pyrrole nitrogens is 1. The van der Waals surface area contributed by atoms with Gasteiger partial charge in [-0.2, -0.15) is 0 Å². The first-order valence-electron chi connectivity index (χ1n) is 7.35. The lowest BCUT2D eigenvalue weighted by Gasteiger charge is -2.04. The van der Waals surface area contributed by atoms with E-state index in [0.717, 1.165) is 11.3 Å². The quantitative estimate of drug-likeness (QED) is 0.655. The maximum Gasteiger partial charge on any atom is 0.272 e. The summed E-state index contributed by atoms with van der Waals surface area (Å²) in [5, 5.41) is 3.31. The molecule has 3 aromatic rings. The van der Waals surface area contributed by atoms with E-state index in [-0.39, 0.29) is 17.0 Å². The zero-order chi connectivity index (χ0) is 17.3. The zero-order valence-electron chi connectivity index (χ0n) is 13.1. The van der Waals surface area contributed by atoms with Gasteiger partial charge in [-0.25, -0.2) is 4.98 Å². The van der Waals surface area contributed by atoms with Crippen molar-refractivity contribution in [3.8, 4) is 11.5 Å². The van der Waals surface area contributed by atoms with E-state index < -0.39 is 0 Å². The van der Waals surface area contributed by atoms with Gasteiger partial charge in [0.2, 0.25) is 5.89 Å². The van der Waals surface area contributed by atoms with Crippen molar-refractivity contribution < 1.29 is 9.21 Å². The van der Waals surface area contributed by atoms with Gasteiger partial charge in [0.25, 0.3) is 5.91 Å². The summed E-state index contributed by atoms with van der Waals surface area (Å²) in [6, 6.07) is 8.70.